The lowest BCUT2D eigenvalue weighted by atomic mass is 10.0. The number of nitrogens with one attached hydrogen (secondary N) is 1. The van der Waals surface area contributed by atoms with Crippen LogP contribution in [0.4, 0.5) is 5.69 Å². The number of rotatable bonds is 6. The molecule has 2 atom stereocenters. The SMILES string of the molecule is CNC(=O)[C@H]1CN(CC(=O)N2N=C(c3ccc(OC)cc3)C[C@H]2c2ccco2)c2ccccc2O1. The van der Waals surface area contributed by atoms with Gasteiger partial charge in [0.1, 0.15) is 23.3 Å². The largest absolute Gasteiger partial charge is 0.497 e. The van der Waals surface area contributed by atoms with Crippen molar-refractivity contribution in [2.24, 2.45) is 5.10 Å². The summed E-state index contributed by atoms with van der Waals surface area (Å²) >= 11 is 0. The summed E-state index contributed by atoms with van der Waals surface area (Å²) in [5.41, 5.74) is 2.45. The molecule has 35 heavy (non-hydrogen) atoms. The summed E-state index contributed by atoms with van der Waals surface area (Å²) in [6.45, 7) is 0.279. The molecule has 2 aliphatic rings. The molecule has 9 nitrogen and oxygen atoms in total. The van der Waals surface area contributed by atoms with Gasteiger partial charge in [-0.1, -0.05) is 12.1 Å². The van der Waals surface area contributed by atoms with E-state index in [1.165, 1.54) is 5.01 Å². The zero-order valence-electron chi connectivity index (χ0n) is 19.5. The smallest absolute Gasteiger partial charge is 0.262 e. The van der Waals surface area contributed by atoms with Crippen molar-refractivity contribution in [3.8, 4) is 11.5 Å². The van der Waals surface area contributed by atoms with Gasteiger partial charge in [-0.15, -0.1) is 0 Å². The highest BCUT2D eigenvalue weighted by molar-refractivity contribution is 6.03. The Bertz CT molecular complexity index is 1240. The molecule has 0 aliphatic carbocycles. The number of fused-ring (bicyclic) bond motifs is 1. The van der Waals surface area contributed by atoms with Crippen LogP contribution in [0, 0.1) is 0 Å². The molecule has 0 bridgehead atoms. The number of amides is 2. The van der Waals surface area contributed by atoms with Crippen LogP contribution in [0.25, 0.3) is 0 Å². The lowest BCUT2D eigenvalue weighted by Gasteiger charge is -2.35. The number of nitrogens with zero attached hydrogens (tertiary/aromatic N) is 3. The van der Waals surface area contributed by atoms with E-state index in [1.54, 1.807) is 32.6 Å². The van der Waals surface area contributed by atoms with Crippen molar-refractivity contribution in [3.05, 3.63) is 78.3 Å². The maximum Gasteiger partial charge on any atom is 0.262 e. The molecule has 3 aromatic rings. The Balaban J connectivity index is 1.42. The second-order valence-electron chi connectivity index (χ2n) is 8.32. The first-order valence-electron chi connectivity index (χ1n) is 11.4. The van der Waals surface area contributed by atoms with E-state index in [0.29, 0.717) is 17.9 Å². The standard InChI is InChI=1S/C26H26N4O5/c1-27-26(32)24-15-29(20-6-3-4-7-23(20)35-24)16-25(31)30-21(22-8-5-13-34-22)14-19(28-30)17-9-11-18(33-2)12-10-17/h3-13,21,24H,14-16H2,1-2H3,(H,27,32)/t21-,24+/m0/s1. The Labute approximate surface area is 202 Å². The zero-order valence-corrected chi connectivity index (χ0v) is 19.5. The molecule has 0 spiro atoms. The topological polar surface area (TPSA) is 96.6 Å². The molecular weight excluding hydrogens is 448 g/mol. The summed E-state index contributed by atoms with van der Waals surface area (Å²) in [6.07, 6.45) is 1.39. The fourth-order valence-electron chi connectivity index (χ4n) is 4.39. The van der Waals surface area contributed by atoms with Gasteiger partial charge in [0.05, 0.1) is 37.9 Å². The van der Waals surface area contributed by atoms with Crippen LogP contribution < -0.4 is 19.7 Å². The molecule has 2 amide bonds. The molecule has 2 aromatic carbocycles. The van der Waals surface area contributed by atoms with Gasteiger partial charge in [-0.2, -0.15) is 5.10 Å². The van der Waals surface area contributed by atoms with Crippen molar-refractivity contribution in [3.63, 3.8) is 0 Å². The summed E-state index contributed by atoms with van der Waals surface area (Å²) in [4.78, 5) is 27.8. The Morgan fingerprint density at radius 3 is 2.63 bits per heavy atom. The van der Waals surface area contributed by atoms with Crippen LogP contribution in [0.5, 0.6) is 11.5 Å². The monoisotopic (exact) mass is 474 g/mol. The van der Waals surface area contributed by atoms with Gasteiger partial charge in [0, 0.05) is 13.5 Å². The van der Waals surface area contributed by atoms with Crippen molar-refractivity contribution in [2.75, 3.05) is 32.1 Å². The molecule has 180 valence electrons. The lowest BCUT2D eigenvalue weighted by molar-refractivity contribution is -0.132. The third-order valence-electron chi connectivity index (χ3n) is 6.19. The van der Waals surface area contributed by atoms with Crippen LogP contribution in [-0.2, 0) is 9.59 Å². The van der Waals surface area contributed by atoms with E-state index in [4.69, 9.17) is 19.0 Å². The van der Waals surface area contributed by atoms with Crippen LogP contribution in [0.15, 0.2) is 76.4 Å². The molecule has 0 radical (unpaired) electrons. The predicted octanol–water partition coefficient (Wildman–Crippen LogP) is 2.98. The lowest BCUT2D eigenvalue weighted by Crippen LogP contribution is -2.50. The van der Waals surface area contributed by atoms with Gasteiger partial charge >= 0.3 is 0 Å². The Morgan fingerprint density at radius 2 is 1.91 bits per heavy atom. The molecule has 1 N–H and O–H groups in total. The number of benzene rings is 2. The molecule has 0 saturated heterocycles. The number of anilines is 1. The molecule has 3 heterocycles. The van der Waals surface area contributed by atoms with E-state index in [9.17, 15) is 9.59 Å². The van der Waals surface area contributed by atoms with E-state index in [2.05, 4.69) is 5.32 Å². The molecule has 0 saturated carbocycles. The summed E-state index contributed by atoms with van der Waals surface area (Å²) in [7, 11) is 3.18. The van der Waals surface area contributed by atoms with Gasteiger partial charge in [0.2, 0.25) is 0 Å². The number of methoxy groups -OCH3 is 1. The minimum absolute atomic E-state index is 0.0322. The van der Waals surface area contributed by atoms with Crippen molar-refractivity contribution in [1.29, 1.82) is 0 Å². The average molecular weight is 475 g/mol. The van der Waals surface area contributed by atoms with Crippen molar-refractivity contribution >= 4 is 23.2 Å². The minimum Gasteiger partial charge on any atom is -0.497 e. The number of para-hydroxylation sites is 2. The second-order valence-corrected chi connectivity index (χ2v) is 8.32. The maximum absolute atomic E-state index is 13.6. The van der Waals surface area contributed by atoms with Crippen LogP contribution in [0.2, 0.25) is 0 Å². The Morgan fingerprint density at radius 1 is 1.11 bits per heavy atom. The van der Waals surface area contributed by atoms with Crippen molar-refractivity contribution in [1.82, 2.24) is 10.3 Å². The normalized spacial score (nSPS) is 19.0. The third-order valence-corrected chi connectivity index (χ3v) is 6.19. The second kappa shape index (κ2) is 9.54. The summed E-state index contributed by atoms with van der Waals surface area (Å²) in [5.74, 6) is 1.52. The number of hydrogen-bond acceptors (Lipinski definition) is 7. The van der Waals surface area contributed by atoms with Gasteiger partial charge in [-0.25, -0.2) is 5.01 Å². The van der Waals surface area contributed by atoms with Crippen LogP contribution >= 0.6 is 0 Å². The number of likely N-dealkylation sites (N-methyl/N-ethyl adjacent to an activating group) is 1. The highest BCUT2D eigenvalue weighted by Gasteiger charge is 2.37. The van der Waals surface area contributed by atoms with Gasteiger partial charge in [0.25, 0.3) is 11.8 Å². The fourth-order valence-corrected chi connectivity index (χ4v) is 4.39. The molecule has 9 heteroatoms. The first-order valence-corrected chi connectivity index (χ1v) is 11.4. The van der Waals surface area contributed by atoms with E-state index < -0.39 is 6.10 Å². The van der Waals surface area contributed by atoms with E-state index in [-0.39, 0.29) is 30.9 Å². The summed E-state index contributed by atoms with van der Waals surface area (Å²) in [6, 6.07) is 18.3. The number of carbonyl (C=O) groups is 2. The van der Waals surface area contributed by atoms with Crippen molar-refractivity contribution < 1.29 is 23.5 Å². The van der Waals surface area contributed by atoms with Gasteiger partial charge < -0.3 is 24.1 Å². The quantitative estimate of drug-likeness (QED) is 0.590. The van der Waals surface area contributed by atoms with Crippen LogP contribution in [-0.4, -0.2) is 55.9 Å². The predicted molar refractivity (Wildman–Crippen MR) is 130 cm³/mol. The van der Waals surface area contributed by atoms with Crippen LogP contribution in [0.1, 0.15) is 23.8 Å². The Kier molecular flexibility index (Phi) is 6.13. The first kappa shape index (κ1) is 22.5. The number of hydrazone groups is 1. The minimum atomic E-state index is -0.722. The summed E-state index contributed by atoms with van der Waals surface area (Å²) < 4.78 is 16.8. The molecule has 5 rings (SSSR count). The molecule has 2 aliphatic heterocycles. The summed E-state index contributed by atoms with van der Waals surface area (Å²) in [5, 5.41) is 8.82. The number of hydrogen-bond donors (Lipinski definition) is 1. The average Bonchev–Trinajstić information content (AvgIpc) is 3.58. The van der Waals surface area contributed by atoms with E-state index >= 15 is 0 Å². The number of ether oxygens (including phenoxy) is 2. The Hall–Kier alpha value is -4.27. The first-order chi connectivity index (χ1) is 17.1. The van der Waals surface area contributed by atoms with Gasteiger partial charge in [-0.05, 0) is 54.1 Å². The van der Waals surface area contributed by atoms with E-state index in [1.807, 2.05) is 53.4 Å². The fraction of sp³-hybridized carbons (Fsp3) is 0.269. The van der Waals surface area contributed by atoms with Gasteiger partial charge in [-0.3, -0.25) is 9.59 Å². The maximum atomic E-state index is 13.6. The molecule has 1 aromatic heterocycles. The zero-order chi connectivity index (χ0) is 24.4. The van der Waals surface area contributed by atoms with Crippen molar-refractivity contribution in [2.45, 2.75) is 18.6 Å². The highest BCUT2D eigenvalue weighted by atomic mass is 16.5. The van der Waals surface area contributed by atoms with E-state index in [0.717, 1.165) is 22.7 Å². The number of carbonyl (C=O) groups excluding carboxylic acids is 2. The third kappa shape index (κ3) is 4.44. The molecular formula is C26H26N4O5. The molecule has 0 unspecified atom stereocenters. The molecule has 0 fully saturated rings. The van der Waals surface area contributed by atoms with Gasteiger partial charge in [0.15, 0.2) is 6.10 Å². The van der Waals surface area contributed by atoms with Crippen LogP contribution in [0.3, 0.4) is 0 Å². The number of furan rings is 1. The highest BCUT2D eigenvalue weighted by Crippen LogP contribution is 2.36.